The summed E-state index contributed by atoms with van der Waals surface area (Å²) in [5, 5.41) is 8.79. The summed E-state index contributed by atoms with van der Waals surface area (Å²) in [7, 11) is 1.59. The van der Waals surface area contributed by atoms with Crippen LogP contribution in [-0.2, 0) is 16.0 Å². The predicted molar refractivity (Wildman–Crippen MR) is 83.4 cm³/mol. The molecule has 21 heavy (non-hydrogen) atoms. The van der Waals surface area contributed by atoms with E-state index in [0.717, 1.165) is 15.8 Å². The maximum atomic E-state index is 12.0. The van der Waals surface area contributed by atoms with Gasteiger partial charge < -0.3 is 14.7 Å². The third kappa shape index (κ3) is 5.59. The Morgan fingerprint density at radius 2 is 2.19 bits per heavy atom. The SMILES string of the molecule is C=CCN(CC(=O)O)C(=O)CCc1ccc(OC)c(Br)c1. The van der Waals surface area contributed by atoms with E-state index in [1.165, 1.54) is 11.0 Å². The number of amides is 1. The smallest absolute Gasteiger partial charge is 0.323 e. The monoisotopic (exact) mass is 355 g/mol. The molecule has 0 saturated heterocycles. The quantitative estimate of drug-likeness (QED) is 0.727. The van der Waals surface area contributed by atoms with Crippen molar-refractivity contribution in [2.45, 2.75) is 12.8 Å². The first-order valence-electron chi connectivity index (χ1n) is 6.40. The minimum Gasteiger partial charge on any atom is -0.496 e. The van der Waals surface area contributed by atoms with E-state index in [0.29, 0.717) is 6.42 Å². The highest BCUT2D eigenvalue weighted by Gasteiger charge is 2.15. The van der Waals surface area contributed by atoms with Gasteiger partial charge in [-0.3, -0.25) is 9.59 Å². The van der Waals surface area contributed by atoms with Crippen molar-refractivity contribution in [3.63, 3.8) is 0 Å². The number of carbonyl (C=O) groups is 2. The van der Waals surface area contributed by atoms with Gasteiger partial charge in [-0.05, 0) is 40.0 Å². The van der Waals surface area contributed by atoms with Gasteiger partial charge >= 0.3 is 5.97 Å². The molecule has 0 heterocycles. The minimum atomic E-state index is -1.03. The number of hydrogen-bond donors (Lipinski definition) is 1. The first-order valence-corrected chi connectivity index (χ1v) is 7.20. The molecular formula is C15H18BrNO4. The fourth-order valence-corrected chi connectivity index (χ4v) is 2.44. The number of halogens is 1. The van der Waals surface area contributed by atoms with Crippen molar-refractivity contribution < 1.29 is 19.4 Å². The summed E-state index contributed by atoms with van der Waals surface area (Å²) in [6.07, 6.45) is 2.30. The maximum absolute atomic E-state index is 12.0. The van der Waals surface area contributed by atoms with Crippen LogP contribution < -0.4 is 4.74 Å². The van der Waals surface area contributed by atoms with Gasteiger partial charge in [-0.15, -0.1) is 6.58 Å². The molecule has 0 aliphatic carbocycles. The largest absolute Gasteiger partial charge is 0.496 e. The second kappa shape index (κ2) is 8.46. The summed E-state index contributed by atoms with van der Waals surface area (Å²) in [4.78, 5) is 24.0. The molecular weight excluding hydrogens is 338 g/mol. The Morgan fingerprint density at radius 1 is 1.48 bits per heavy atom. The van der Waals surface area contributed by atoms with Gasteiger partial charge in [0.25, 0.3) is 0 Å². The number of carboxylic acids is 1. The summed E-state index contributed by atoms with van der Waals surface area (Å²) in [5.41, 5.74) is 0.977. The Labute approximate surface area is 132 Å². The number of benzene rings is 1. The van der Waals surface area contributed by atoms with Gasteiger partial charge in [0, 0.05) is 13.0 Å². The average molecular weight is 356 g/mol. The molecule has 0 aliphatic rings. The average Bonchev–Trinajstić information content (AvgIpc) is 2.44. The molecule has 0 saturated carbocycles. The normalized spacial score (nSPS) is 10.0. The summed E-state index contributed by atoms with van der Waals surface area (Å²) in [6, 6.07) is 5.59. The van der Waals surface area contributed by atoms with Gasteiger partial charge in [-0.2, -0.15) is 0 Å². The molecule has 6 heteroatoms. The fraction of sp³-hybridized carbons (Fsp3) is 0.333. The topological polar surface area (TPSA) is 66.8 Å². The van der Waals surface area contributed by atoms with Crippen molar-refractivity contribution in [1.82, 2.24) is 4.90 Å². The second-order valence-electron chi connectivity index (χ2n) is 4.43. The fourth-order valence-electron chi connectivity index (χ4n) is 1.85. The zero-order valence-electron chi connectivity index (χ0n) is 11.8. The molecule has 0 aliphatic heterocycles. The molecule has 1 N–H and O–H groups in total. The number of hydrogen-bond acceptors (Lipinski definition) is 3. The zero-order valence-corrected chi connectivity index (χ0v) is 13.4. The lowest BCUT2D eigenvalue weighted by Crippen LogP contribution is -2.35. The lowest BCUT2D eigenvalue weighted by Gasteiger charge is -2.18. The highest BCUT2D eigenvalue weighted by molar-refractivity contribution is 9.10. The standard InChI is InChI=1S/C15H18BrNO4/c1-3-8-17(10-15(19)20)14(18)7-5-11-4-6-13(21-2)12(16)9-11/h3-4,6,9H,1,5,7-8,10H2,2H3,(H,19,20). The molecule has 0 bridgehead atoms. The highest BCUT2D eigenvalue weighted by Crippen LogP contribution is 2.26. The number of carbonyl (C=O) groups excluding carboxylic acids is 1. The molecule has 0 atom stereocenters. The van der Waals surface area contributed by atoms with Crippen molar-refractivity contribution in [3.05, 3.63) is 40.9 Å². The van der Waals surface area contributed by atoms with E-state index in [1.54, 1.807) is 7.11 Å². The van der Waals surface area contributed by atoms with Crippen LogP contribution in [0.5, 0.6) is 5.75 Å². The summed E-state index contributed by atoms with van der Waals surface area (Å²) >= 11 is 3.39. The van der Waals surface area contributed by atoms with Crippen molar-refractivity contribution >= 4 is 27.8 Å². The third-order valence-electron chi connectivity index (χ3n) is 2.87. The molecule has 114 valence electrons. The van der Waals surface area contributed by atoms with E-state index in [4.69, 9.17) is 9.84 Å². The van der Waals surface area contributed by atoms with Gasteiger partial charge in [0.05, 0.1) is 11.6 Å². The molecule has 0 unspecified atom stereocenters. The summed E-state index contributed by atoms with van der Waals surface area (Å²) < 4.78 is 5.96. The lowest BCUT2D eigenvalue weighted by molar-refractivity contribution is -0.144. The Morgan fingerprint density at radius 3 is 2.71 bits per heavy atom. The van der Waals surface area contributed by atoms with Crippen LogP contribution in [0.15, 0.2) is 35.3 Å². The number of carboxylic acid groups (broad SMARTS) is 1. The van der Waals surface area contributed by atoms with Crippen LogP contribution >= 0.6 is 15.9 Å². The minimum absolute atomic E-state index is 0.204. The number of methoxy groups -OCH3 is 1. The van der Waals surface area contributed by atoms with E-state index in [9.17, 15) is 9.59 Å². The van der Waals surface area contributed by atoms with Gasteiger partial charge in [0.1, 0.15) is 12.3 Å². The Balaban J connectivity index is 2.63. The van der Waals surface area contributed by atoms with Crippen LogP contribution in [0.1, 0.15) is 12.0 Å². The Kier molecular flexibility index (Phi) is 6.94. The lowest BCUT2D eigenvalue weighted by atomic mass is 10.1. The van der Waals surface area contributed by atoms with Gasteiger partial charge in [-0.25, -0.2) is 0 Å². The van der Waals surface area contributed by atoms with Crippen molar-refractivity contribution in [3.8, 4) is 5.75 Å². The van der Waals surface area contributed by atoms with E-state index in [-0.39, 0.29) is 25.4 Å². The van der Waals surface area contributed by atoms with Crippen LogP contribution in [0.4, 0.5) is 0 Å². The number of ether oxygens (including phenoxy) is 1. The Hall–Kier alpha value is -1.82. The number of aryl methyl sites for hydroxylation is 1. The van der Waals surface area contributed by atoms with Crippen LogP contribution in [0, 0.1) is 0 Å². The second-order valence-corrected chi connectivity index (χ2v) is 5.28. The van der Waals surface area contributed by atoms with Crippen LogP contribution in [-0.4, -0.2) is 42.1 Å². The highest BCUT2D eigenvalue weighted by atomic mass is 79.9. The maximum Gasteiger partial charge on any atom is 0.323 e. The van der Waals surface area contributed by atoms with Gasteiger partial charge in [-0.1, -0.05) is 12.1 Å². The van der Waals surface area contributed by atoms with Crippen molar-refractivity contribution in [1.29, 1.82) is 0 Å². The summed E-state index contributed by atoms with van der Waals surface area (Å²) in [5.74, 6) is -0.508. The van der Waals surface area contributed by atoms with Crippen LogP contribution in [0.2, 0.25) is 0 Å². The van der Waals surface area contributed by atoms with Crippen molar-refractivity contribution in [2.75, 3.05) is 20.2 Å². The molecule has 5 nitrogen and oxygen atoms in total. The summed E-state index contributed by atoms with van der Waals surface area (Å²) in [6.45, 7) is 3.46. The number of nitrogens with zero attached hydrogens (tertiary/aromatic N) is 1. The number of aliphatic carboxylic acids is 1. The predicted octanol–water partition coefficient (Wildman–Crippen LogP) is 2.49. The van der Waals surface area contributed by atoms with E-state index in [1.807, 2.05) is 18.2 Å². The van der Waals surface area contributed by atoms with Crippen molar-refractivity contribution in [2.24, 2.45) is 0 Å². The van der Waals surface area contributed by atoms with E-state index >= 15 is 0 Å². The Bertz CT molecular complexity index is 530. The number of rotatable bonds is 8. The van der Waals surface area contributed by atoms with E-state index < -0.39 is 5.97 Å². The molecule has 1 aromatic rings. The molecule has 0 radical (unpaired) electrons. The molecule has 1 rings (SSSR count). The van der Waals surface area contributed by atoms with Crippen LogP contribution in [0.25, 0.3) is 0 Å². The zero-order chi connectivity index (χ0) is 15.8. The molecule has 0 aromatic heterocycles. The van der Waals surface area contributed by atoms with Gasteiger partial charge in [0.2, 0.25) is 5.91 Å². The van der Waals surface area contributed by atoms with Gasteiger partial charge in [0.15, 0.2) is 0 Å². The molecule has 0 spiro atoms. The molecule has 1 amide bonds. The first-order chi connectivity index (χ1) is 9.97. The molecule has 1 aromatic carbocycles. The molecule has 0 fully saturated rings. The third-order valence-corrected chi connectivity index (χ3v) is 3.49. The van der Waals surface area contributed by atoms with E-state index in [2.05, 4.69) is 22.5 Å². The van der Waals surface area contributed by atoms with Crippen LogP contribution in [0.3, 0.4) is 0 Å². The first kappa shape index (κ1) is 17.2.